The van der Waals surface area contributed by atoms with Crippen LogP contribution in [0.4, 0.5) is 5.69 Å². The zero-order valence-electron chi connectivity index (χ0n) is 12.3. The quantitative estimate of drug-likeness (QED) is 0.849. The van der Waals surface area contributed by atoms with Gasteiger partial charge in [-0.1, -0.05) is 31.5 Å². The van der Waals surface area contributed by atoms with Crippen LogP contribution in [0.3, 0.4) is 0 Å². The molecule has 0 aliphatic carbocycles. The first kappa shape index (κ1) is 14.3. The Morgan fingerprint density at radius 1 is 1.16 bits per heavy atom. The topological polar surface area (TPSA) is 39.7 Å². The van der Waals surface area contributed by atoms with Gasteiger partial charge in [0.1, 0.15) is 5.60 Å². The number of aryl methyl sites for hydroxylation is 1. The molecule has 1 heterocycles. The van der Waals surface area contributed by atoms with E-state index in [4.69, 9.17) is 14.5 Å². The maximum atomic E-state index is 5.94. The molecule has 0 spiro atoms. The maximum Gasteiger partial charge on any atom is 0.196 e. The second-order valence-electron chi connectivity index (χ2n) is 5.92. The van der Waals surface area contributed by atoms with Crippen molar-refractivity contribution in [3.63, 3.8) is 0 Å². The van der Waals surface area contributed by atoms with Gasteiger partial charge in [0.15, 0.2) is 12.5 Å². The van der Waals surface area contributed by atoms with Crippen LogP contribution in [-0.2, 0) is 14.5 Å². The standard InChI is InChI=1S/C15H23NO3/c1-10(2)13-17-14(15(4,5)19-18-13)16-12-8-6-11(3)7-9-12/h6-10,13-14,16H,1-5H3. The van der Waals surface area contributed by atoms with Crippen molar-refractivity contribution < 1.29 is 14.5 Å². The molecule has 1 saturated heterocycles. The Hall–Kier alpha value is -1.10. The Bertz CT molecular complexity index is 414. The van der Waals surface area contributed by atoms with Crippen molar-refractivity contribution in [3.05, 3.63) is 29.8 Å². The molecule has 1 fully saturated rings. The summed E-state index contributed by atoms with van der Waals surface area (Å²) in [6, 6.07) is 8.20. The van der Waals surface area contributed by atoms with Gasteiger partial charge in [-0.05, 0) is 32.9 Å². The number of anilines is 1. The lowest BCUT2D eigenvalue weighted by Gasteiger charge is -2.42. The minimum atomic E-state index is -0.545. The van der Waals surface area contributed by atoms with Crippen LogP contribution in [0.15, 0.2) is 24.3 Å². The van der Waals surface area contributed by atoms with Gasteiger partial charge in [-0.25, -0.2) is 9.78 Å². The van der Waals surface area contributed by atoms with Crippen LogP contribution in [0.1, 0.15) is 33.3 Å². The van der Waals surface area contributed by atoms with E-state index in [1.165, 1.54) is 5.56 Å². The van der Waals surface area contributed by atoms with Gasteiger partial charge in [-0.3, -0.25) is 0 Å². The molecule has 1 aromatic carbocycles. The summed E-state index contributed by atoms with van der Waals surface area (Å²) in [5, 5.41) is 3.36. The van der Waals surface area contributed by atoms with Gasteiger partial charge in [-0.15, -0.1) is 0 Å². The summed E-state index contributed by atoms with van der Waals surface area (Å²) in [5.74, 6) is 0.235. The summed E-state index contributed by atoms with van der Waals surface area (Å²) in [7, 11) is 0. The molecule has 0 aromatic heterocycles. The molecule has 2 atom stereocenters. The zero-order valence-corrected chi connectivity index (χ0v) is 12.3. The second kappa shape index (κ2) is 5.49. The van der Waals surface area contributed by atoms with Gasteiger partial charge in [0.2, 0.25) is 0 Å². The monoisotopic (exact) mass is 265 g/mol. The minimum absolute atomic E-state index is 0.235. The number of benzene rings is 1. The van der Waals surface area contributed by atoms with E-state index >= 15 is 0 Å². The third kappa shape index (κ3) is 3.47. The summed E-state index contributed by atoms with van der Waals surface area (Å²) >= 11 is 0. The van der Waals surface area contributed by atoms with Crippen LogP contribution < -0.4 is 5.32 Å². The van der Waals surface area contributed by atoms with Crippen molar-refractivity contribution in [2.24, 2.45) is 5.92 Å². The fourth-order valence-electron chi connectivity index (χ4n) is 1.81. The maximum absolute atomic E-state index is 5.94. The summed E-state index contributed by atoms with van der Waals surface area (Å²) in [4.78, 5) is 10.7. The van der Waals surface area contributed by atoms with Gasteiger partial charge in [0.25, 0.3) is 0 Å². The van der Waals surface area contributed by atoms with Crippen molar-refractivity contribution in [1.82, 2.24) is 0 Å². The van der Waals surface area contributed by atoms with Gasteiger partial charge in [0.05, 0.1) is 0 Å². The lowest BCUT2D eigenvalue weighted by Crippen LogP contribution is -2.54. The van der Waals surface area contributed by atoms with Crippen LogP contribution in [-0.4, -0.2) is 18.1 Å². The number of ether oxygens (including phenoxy) is 1. The van der Waals surface area contributed by atoms with E-state index in [0.717, 1.165) is 5.69 Å². The van der Waals surface area contributed by atoms with E-state index in [1.807, 2.05) is 39.8 Å². The van der Waals surface area contributed by atoms with Crippen molar-refractivity contribution in [3.8, 4) is 0 Å². The number of hydrogen-bond acceptors (Lipinski definition) is 4. The van der Waals surface area contributed by atoms with Crippen molar-refractivity contribution in [2.75, 3.05) is 5.32 Å². The molecule has 4 heteroatoms. The second-order valence-corrected chi connectivity index (χ2v) is 5.92. The Morgan fingerprint density at radius 2 is 1.79 bits per heavy atom. The van der Waals surface area contributed by atoms with E-state index in [9.17, 15) is 0 Å². The zero-order chi connectivity index (χ0) is 14.0. The molecule has 2 unspecified atom stereocenters. The number of nitrogens with one attached hydrogen (secondary N) is 1. The molecule has 0 saturated carbocycles. The van der Waals surface area contributed by atoms with Gasteiger partial charge >= 0.3 is 0 Å². The predicted octanol–water partition coefficient (Wildman–Crippen LogP) is 3.47. The van der Waals surface area contributed by atoms with Crippen LogP contribution in [0.2, 0.25) is 0 Å². The molecular formula is C15H23NO3. The van der Waals surface area contributed by atoms with E-state index in [0.29, 0.717) is 0 Å². The highest BCUT2D eigenvalue weighted by Crippen LogP contribution is 2.29. The van der Waals surface area contributed by atoms with Gasteiger partial charge in [0, 0.05) is 11.6 Å². The molecule has 106 valence electrons. The highest BCUT2D eigenvalue weighted by molar-refractivity contribution is 5.45. The summed E-state index contributed by atoms with van der Waals surface area (Å²) < 4.78 is 5.94. The summed E-state index contributed by atoms with van der Waals surface area (Å²) in [6.07, 6.45) is -0.604. The predicted molar refractivity (Wildman–Crippen MR) is 74.5 cm³/mol. The molecule has 1 aliphatic heterocycles. The van der Waals surface area contributed by atoms with Gasteiger partial charge in [-0.2, -0.15) is 0 Å². The van der Waals surface area contributed by atoms with E-state index < -0.39 is 5.60 Å². The van der Waals surface area contributed by atoms with Crippen molar-refractivity contribution in [1.29, 1.82) is 0 Å². The van der Waals surface area contributed by atoms with E-state index in [2.05, 4.69) is 24.4 Å². The Morgan fingerprint density at radius 3 is 2.37 bits per heavy atom. The minimum Gasteiger partial charge on any atom is -0.358 e. The molecular weight excluding hydrogens is 242 g/mol. The lowest BCUT2D eigenvalue weighted by atomic mass is 10.1. The molecule has 0 radical (unpaired) electrons. The molecule has 1 aromatic rings. The largest absolute Gasteiger partial charge is 0.358 e. The number of hydrogen-bond donors (Lipinski definition) is 1. The normalized spacial score (nSPS) is 26.4. The van der Waals surface area contributed by atoms with Crippen LogP contribution in [0, 0.1) is 12.8 Å². The number of rotatable bonds is 3. The molecule has 1 aliphatic rings. The molecule has 4 nitrogen and oxygen atoms in total. The summed E-state index contributed by atoms with van der Waals surface area (Å²) in [6.45, 7) is 10.0. The molecule has 0 amide bonds. The highest BCUT2D eigenvalue weighted by Gasteiger charge is 2.41. The summed E-state index contributed by atoms with van der Waals surface area (Å²) in [5.41, 5.74) is 1.70. The van der Waals surface area contributed by atoms with Crippen LogP contribution in [0.25, 0.3) is 0 Å². The first-order valence-electron chi connectivity index (χ1n) is 6.71. The van der Waals surface area contributed by atoms with Gasteiger partial charge < -0.3 is 10.1 Å². The molecule has 19 heavy (non-hydrogen) atoms. The highest BCUT2D eigenvalue weighted by atomic mass is 17.2. The Labute approximate surface area is 115 Å². The van der Waals surface area contributed by atoms with E-state index in [1.54, 1.807) is 0 Å². The fourth-order valence-corrected chi connectivity index (χ4v) is 1.81. The van der Waals surface area contributed by atoms with Crippen LogP contribution in [0.5, 0.6) is 0 Å². The van der Waals surface area contributed by atoms with E-state index in [-0.39, 0.29) is 18.4 Å². The first-order chi connectivity index (χ1) is 8.88. The average molecular weight is 265 g/mol. The molecule has 1 N–H and O–H groups in total. The SMILES string of the molecule is Cc1ccc(NC2OC(C(C)C)OOC2(C)C)cc1. The lowest BCUT2D eigenvalue weighted by molar-refractivity contribution is -0.485. The third-order valence-corrected chi connectivity index (χ3v) is 3.15. The smallest absolute Gasteiger partial charge is 0.196 e. The average Bonchev–Trinajstić information content (AvgIpc) is 2.34. The Kier molecular flexibility index (Phi) is 4.13. The molecule has 2 rings (SSSR count). The van der Waals surface area contributed by atoms with Crippen molar-refractivity contribution in [2.45, 2.75) is 52.7 Å². The van der Waals surface area contributed by atoms with Crippen molar-refractivity contribution >= 4 is 5.69 Å². The first-order valence-corrected chi connectivity index (χ1v) is 6.71. The van der Waals surface area contributed by atoms with Crippen LogP contribution >= 0.6 is 0 Å². The Balaban J connectivity index is 2.08. The third-order valence-electron chi connectivity index (χ3n) is 3.15. The molecule has 0 bridgehead atoms. The fraction of sp³-hybridized carbons (Fsp3) is 0.600.